The van der Waals surface area contributed by atoms with E-state index in [1.165, 1.54) is 19.4 Å². The van der Waals surface area contributed by atoms with Crippen molar-refractivity contribution in [2.24, 2.45) is 0 Å². The minimum Gasteiger partial charge on any atom is -0.464 e. The maximum atomic E-state index is 10.9. The first-order chi connectivity index (χ1) is 5.77. The zero-order valence-electron chi connectivity index (χ0n) is 6.31. The number of methoxy groups -OCH3 is 1. The van der Waals surface area contributed by atoms with Gasteiger partial charge in [-0.2, -0.15) is 5.26 Å². The third-order valence-corrected chi connectivity index (χ3v) is 1.15. The third-order valence-electron chi connectivity index (χ3n) is 1.15. The van der Waals surface area contributed by atoms with Crippen LogP contribution in [0.2, 0.25) is 0 Å². The molecular formula is C7H5N3O2. The van der Waals surface area contributed by atoms with E-state index in [4.69, 9.17) is 5.26 Å². The Kier molecular flexibility index (Phi) is 2.33. The lowest BCUT2D eigenvalue weighted by atomic mass is 10.4. The summed E-state index contributed by atoms with van der Waals surface area (Å²) in [5.74, 6) is -0.619. The molecule has 0 amide bonds. The number of aromatic nitrogens is 2. The largest absolute Gasteiger partial charge is 0.464 e. The number of ether oxygens (including phenoxy) is 1. The Balaban J connectivity index is 3.04. The van der Waals surface area contributed by atoms with Gasteiger partial charge in [-0.15, -0.1) is 0 Å². The Labute approximate surface area is 68.6 Å². The molecule has 0 fully saturated rings. The van der Waals surface area contributed by atoms with Crippen LogP contribution in [0.4, 0.5) is 0 Å². The maximum absolute atomic E-state index is 10.9. The highest BCUT2D eigenvalue weighted by atomic mass is 16.5. The molecule has 0 aliphatic rings. The molecule has 0 saturated carbocycles. The van der Waals surface area contributed by atoms with Gasteiger partial charge in [-0.25, -0.2) is 14.8 Å². The number of rotatable bonds is 1. The van der Waals surface area contributed by atoms with Crippen LogP contribution in [-0.2, 0) is 4.74 Å². The first-order valence-corrected chi connectivity index (χ1v) is 3.09. The van der Waals surface area contributed by atoms with Gasteiger partial charge < -0.3 is 4.74 Å². The van der Waals surface area contributed by atoms with Crippen molar-refractivity contribution in [3.8, 4) is 6.07 Å². The predicted octanol–water partition coefficient (Wildman–Crippen LogP) is 0.135. The summed E-state index contributed by atoms with van der Waals surface area (Å²) in [7, 11) is 1.25. The van der Waals surface area contributed by atoms with E-state index in [9.17, 15) is 4.79 Å². The lowest BCUT2D eigenvalue weighted by Gasteiger charge is -1.95. The molecule has 0 aliphatic carbocycles. The van der Waals surface area contributed by atoms with Gasteiger partial charge in [0.1, 0.15) is 6.07 Å². The molecule has 0 unspecified atom stereocenters. The van der Waals surface area contributed by atoms with Crippen molar-refractivity contribution in [3.05, 3.63) is 23.8 Å². The van der Waals surface area contributed by atoms with E-state index in [0.29, 0.717) is 0 Å². The number of hydrogen-bond acceptors (Lipinski definition) is 5. The molecule has 1 heterocycles. The van der Waals surface area contributed by atoms with Gasteiger partial charge in [0.25, 0.3) is 0 Å². The molecule has 1 aromatic rings. The molecule has 0 saturated heterocycles. The van der Waals surface area contributed by atoms with Crippen molar-refractivity contribution in [1.82, 2.24) is 9.97 Å². The summed E-state index contributed by atoms with van der Waals surface area (Å²) in [6.07, 6.45) is 1.33. The summed E-state index contributed by atoms with van der Waals surface area (Å²) in [5.41, 5.74) is 0.0871. The second-order valence-electron chi connectivity index (χ2n) is 1.87. The highest BCUT2D eigenvalue weighted by Crippen LogP contribution is 1.96. The summed E-state index contributed by atoms with van der Waals surface area (Å²) >= 11 is 0. The third kappa shape index (κ3) is 1.55. The van der Waals surface area contributed by atoms with E-state index < -0.39 is 5.97 Å². The number of nitriles is 1. The van der Waals surface area contributed by atoms with Crippen LogP contribution in [0.25, 0.3) is 0 Å². The fraction of sp³-hybridized carbons (Fsp3) is 0.143. The lowest BCUT2D eigenvalue weighted by Crippen LogP contribution is -2.05. The molecule has 0 spiro atoms. The normalized spacial score (nSPS) is 8.67. The van der Waals surface area contributed by atoms with E-state index in [1.807, 2.05) is 0 Å². The topological polar surface area (TPSA) is 75.9 Å². The molecule has 1 aromatic heterocycles. The molecule has 0 bridgehead atoms. The zero-order valence-corrected chi connectivity index (χ0v) is 6.31. The Morgan fingerprint density at radius 1 is 1.75 bits per heavy atom. The van der Waals surface area contributed by atoms with E-state index in [2.05, 4.69) is 14.7 Å². The van der Waals surface area contributed by atoms with Crippen molar-refractivity contribution < 1.29 is 9.53 Å². The SMILES string of the molecule is COC(=O)c1ccnc(C#N)n1. The Morgan fingerprint density at radius 2 is 2.50 bits per heavy atom. The average molecular weight is 163 g/mol. The Hall–Kier alpha value is -1.96. The summed E-state index contributed by atoms with van der Waals surface area (Å²) in [6, 6.07) is 3.10. The Morgan fingerprint density at radius 3 is 3.08 bits per heavy atom. The first kappa shape index (κ1) is 8.14. The Bertz CT molecular complexity index is 343. The first-order valence-electron chi connectivity index (χ1n) is 3.09. The van der Waals surface area contributed by atoms with Gasteiger partial charge in [-0.3, -0.25) is 0 Å². The van der Waals surface area contributed by atoms with Crippen LogP contribution in [0.15, 0.2) is 12.3 Å². The number of hydrogen-bond donors (Lipinski definition) is 0. The van der Waals surface area contributed by atoms with Crippen LogP contribution in [0.3, 0.4) is 0 Å². The summed E-state index contributed by atoms with van der Waals surface area (Å²) in [4.78, 5) is 18.1. The second kappa shape index (κ2) is 3.44. The minimum absolute atomic E-state index is 0.0436. The van der Waals surface area contributed by atoms with Crippen molar-refractivity contribution in [3.63, 3.8) is 0 Å². The van der Waals surface area contributed by atoms with Crippen LogP contribution >= 0.6 is 0 Å². The van der Waals surface area contributed by atoms with Crippen LogP contribution < -0.4 is 0 Å². The van der Waals surface area contributed by atoms with Crippen molar-refractivity contribution in [2.75, 3.05) is 7.11 Å². The second-order valence-corrected chi connectivity index (χ2v) is 1.87. The fourth-order valence-electron chi connectivity index (χ4n) is 0.631. The van der Waals surface area contributed by atoms with Crippen molar-refractivity contribution in [1.29, 1.82) is 5.26 Å². The van der Waals surface area contributed by atoms with Gasteiger partial charge in [-0.1, -0.05) is 0 Å². The van der Waals surface area contributed by atoms with Gasteiger partial charge in [0.05, 0.1) is 7.11 Å². The lowest BCUT2D eigenvalue weighted by molar-refractivity contribution is 0.0593. The van der Waals surface area contributed by atoms with Crippen molar-refractivity contribution in [2.45, 2.75) is 0 Å². The number of nitrogens with zero attached hydrogens (tertiary/aromatic N) is 3. The van der Waals surface area contributed by atoms with Crippen molar-refractivity contribution >= 4 is 5.97 Å². The summed E-state index contributed by atoms with van der Waals surface area (Å²) in [6.45, 7) is 0. The van der Waals surface area contributed by atoms with Gasteiger partial charge in [0.2, 0.25) is 5.82 Å². The minimum atomic E-state index is -0.575. The molecule has 0 aromatic carbocycles. The van der Waals surface area contributed by atoms with Crippen LogP contribution in [0.5, 0.6) is 0 Å². The summed E-state index contributed by atoms with van der Waals surface area (Å²) < 4.78 is 4.40. The van der Waals surface area contributed by atoms with Gasteiger partial charge in [0, 0.05) is 6.20 Å². The van der Waals surface area contributed by atoms with Crippen LogP contribution in [0, 0.1) is 11.3 Å². The average Bonchev–Trinajstić information content (AvgIpc) is 2.17. The highest BCUT2D eigenvalue weighted by Gasteiger charge is 2.07. The van der Waals surface area contributed by atoms with Crippen LogP contribution in [0.1, 0.15) is 16.3 Å². The smallest absolute Gasteiger partial charge is 0.356 e. The van der Waals surface area contributed by atoms with E-state index in [0.717, 1.165) is 0 Å². The molecular weight excluding hydrogens is 158 g/mol. The number of carbonyl (C=O) groups is 1. The maximum Gasteiger partial charge on any atom is 0.356 e. The van der Waals surface area contributed by atoms with E-state index in [-0.39, 0.29) is 11.5 Å². The molecule has 5 heteroatoms. The standard InChI is InChI=1S/C7H5N3O2/c1-12-7(11)5-2-3-9-6(4-8)10-5/h2-3H,1H3. The van der Waals surface area contributed by atoms with E-state index >= 15 is 0 Å². The fourth-order valence-corrected chi connectivity index (χ4v) is 0.631. The molecule has 0 N–H and O–H groups in total. The molecule has 12 heavy (non-hydrogen) atoms. The van der Waals surface area contributed by atoms with Crippen LogP contribution in [-0.4, -0.2) is 23.0 Å². The van der Waals surface area contributed by atoms with Gasteiger partial charge in [-0.05, 0) is 6.07 Å². The van der Waals surface area contributed by atoms with Gasteiger partial charge in [0.15, 0.2) is 5.69 Å². The molecule has 0 aliphatic heterocycles. The highest BCUT2D eigenvalue weighted by molar-refractivity contribution is 5.86. The predicted molar refractivity (Wildman–Crippen MR) is 38.1 cm³/mol. The molecule has 0 radical (unpaired) electrons. The van der Waals surface area contributed by atoms with E-state index in [1.54, 1.807) is 6.07 Å². The molecule has 1 rings (SSSR count). The monoisotopic (exact) mass is 163 g/mol. The zero-order chi connectivity index (χ0) is 8.97. The number of esters is 1. The molecule has 60 valence electrons. The summed E-state index contributed by atoms with van der Waals surface area (Å²) in [5, 5.41) is 8.39. The molecule has 5 nitrogen and oxygen atoms in total. The number of carbonyl (C=O) groups excluding carboxylic acids is 1. The quantitative estimate of drug-likeness (QED) is 0.550. The molecule has 0 atom stereocenters. The van der Waals surface area contributed by atoms with Gasteiger partial charge >= 0.3 is 5.97 Å².